The Balaban J connectivity index is 2.09. The highest BCUT2D eigenvalue weighted by molar-refractivity contribution is 5.94. The van der Waals surface area contributed by atoms with E-state index in [1.165, 1.54) is 43.5 Å². The number of benzene rings is 2. The minimum atomic E-state index is -0.537. The van der Waals surface area contributed by atoms with E-state index in [1.54, 1.807) is 13.0 Å². The summed E-state index contributed by atoms with van der Waals surface area (Å²) in [5.74, 6) is -0.785. The van der Waals surface area contributed by atoms with E-state index in [2.05, 4.69) is 5.32 Å². The second kappa shape index (κ2) is 6.87. The molecule has 0 heterocycles. The number of halogens is 1. The molecule has 0 aliphatic heterocycles. The van der Waals surface area contributed by atoms with Crippen LogP contribution in [0.1, 0.15) is 28.9 Å². The van der Waals surface area contributed by atoms with Crippen molar-refractivity contribution < 1.29 is 18.8 Å². The predicted octanol–water partition coefficient (Wildman–Crippen LogP) is 3.23. The molecule has 0 saturated heterocycles. The van der Waals surface area contributed by atoms with Crippen LogP contribution in [-0.2, 0) is 0 Å². The van der Waals surface area contributed by atoms with Crippen molar-refractivity contribution in [2.24, 2.45) is 0 Å². The molecule has 2 rings (SSSR count). The van der Waals surface area contributed by atoms with Gasteiger partial charge in [-0.1, -0.05) is 6.07 Å². The highest BCUT2D eigenvalue weighted by Crippen LogP contribution is 2.22. The van der Waals surface area contributed by atoms with Crippen LogP contribution in [0.25, 0.3) is 0 Å². The van der Waals surface area contributed by atoms with Gasteiger partial charge >= 0.3 is 0 Å². The molecule has 0 aliphatic rings. The second-order valence-corrected chi connectivity index (χ2v) is 4.89. The fourth-order valence-corrected chi connectivity index (χ4v) is 2.05. The smallest absolute Gasteiger partial charge is 0.269 e. The Hall–Kier alpha value is -2.96. The summed E-state index contributed by atoms with van der Waals surface area (Å²) >= 11 is 0. The highest BCUT2D eigenvalue weighted by Gasteiger charge is 2.14. The normalized spacial score (nSPS) is 11.6. The summed E-state index contributed by atoms with van der Waals surface area (Å²) in [7, 11) is 1.37. The summed E-state index contributed by atoms with van der Waals surface area (Å²) in [4.78, 5) is 22.2. The summed E-state index contributed by atoms with van der Waals surface area (Å²) in [5.41, 5.74) is 0.779. The van der Waals surface area contributed by atoms with Crippen molar-refractivity contribution in [3.63, 3.8) is 0 Å². The van der Waals surface area contributed by atoms with Crippen LogP contribution in [-0.4, -0.2) is 17.9 Å². The van der Waals surface area contributed by atoms with E-state index in [1.807, 2.05) is 0 Å². The Kier molecular flexibility index (Phi) is 4.90. The standard InChI is InChI=1S/C16H15FN2O4/c1-10(12-5-8-15(23-2)14(17)9-12)18-16(20)11-3-6-13(7-4-11)19(21)22/h3-10H,1-2H3,(H,18,20)/t10-/m0/s1. The molecule has 2 aromatic rings. The zero-order valence-corrected chi connectivity index (χ0v) is 12.6. The van der Waals surface area contributed by atoms with Gasteiger partial charge in [0.2, 0.25) is 0 Å². The van der Waals surface area contributed by atoms with Gasteiger partial charge in [-0.25, -0.2) is 4.39 Å². The Morgan fingerprint density at radius 2 is 1.91 bits per heavy atom. The van der Waals surface area contributed by atoms with E-state index < -0.39 is 22.7 Å². The van der Waals surface area contributed by atoms with Crippen molar-refractivity contribution >= 4 is 11.6 Å². The molecule has 0 bridgehead atoms. The Labute approximate surface area is 132 Å². The number of carbonyl (C=O) groups is 1. The second-order valence-electron chi connectivity index (χ2n) is 4.89. The van der Waals surface area contributed by atoms with Gasteiger partial charge in [-0.15, -0.1) is 0 Å². The first-order chi connectivity index (χ1) is 10.9. The van der Waals surface area contributed by atoms with Crippen LogP contribution in [0.3, 0.4) is 0 Å². The monoisotopic (exact) mass is 318 g/mol. The zero-order valence-electron chi connectivity index (χ0n) is 12.6. The van der Waals surface area contributed by atoms with Crippen molar-refractivity contribution in [2.75, 3.05) is 7.11 Å². The molecule has 1 atom stereocenters. The number of methoxy groups -OCH3 is 1. The lowest BCUT2D eigenvalue weighted by molar-refractivity contribution is -0.384. The minimum absolute atomic E-state index is 0.0909. The molecule has 6 nitrogen and oxygen atoms in total. The van der Waals surface area contributed by atoms with Crippen LogP contribution < -0.4 is 10.1 Å². The molecule has 1 N–H and O–H groups in total. The first-order valence-electron chi connectivity index (χ1n) is 6.81. The van der Waals surface area contributed by atoms with Crippen LogP contribution in [0.2, 0.25) is 0 Å². The van der Waals surface area contributed by atoms with Crippen LogP contribution in [0.5, 0.6) is 5.75 Å². The van der Waals surface area contributed by atoms with Crippen LogP contribution in [0.15, 0.2) is 42.5 Å². The molecule has 0 fully saturated rings. The molecule has 7 heteroatoms. The number of hydrogen-bond acceptors (Lipinski definition) is 4. The van der Waals surface area contributed by atoms with Crippen molar-refractivity contribution in [1.29, 1.82) is 0 Å². The largest absolute Gasteiger partial charge is 0.494 e. The van der Waals surface area contributed by atoms with E-state index in [-0.39, 0.29) is 17.0 Å². The molecule has 0 aliphatic carbocycles. The number of rotatable bonds is 5. The van der Waals surface area contributed by atoms with E-state index in [0.717, 1.165) is 0 Å². The summed E-state index contributed by atoms with van der Waals surface area (Å²) in [5, 5.41) is 13.3. The third-order valence-electron chi connectivity index (χ3n) is 3.36. The SMILES string of the molecule is COc1ccc([C@H](C)NC(=O)c2ccc([N+](=O)[O-])cc2)cc1F. The maximum Gasteiger partial charge on any atom is 0.269 e. The molecular formula is C16H15FN2O4. The Morgan fingerprint density at radius 3 is 2.43 bits per heavy atom. The van der Waals surface area contributed by atoms with Gasteiger partial charge in [-0.3, -0.25) is 14.9 Å². The molecule has 1 amide bonds. The van der Waals surface area contributed by atoms with Crippen molar-refractivity contribution in [1.82, 2.24) is 5.32 Å². The number of nitrogens with one attached hydrogen (secondary N) is 1. The lowest BCUT2D eigenvalue weighted by atomic mass is 10.1. The van der Waals surface area contributed by atoms with Gasteiger partial charge in [0.1, 0.15) is 0 Å². The molecule has 0 saturated carbocycles. The van der Waals surface area contributed by atoms with Crippen LogP contribution in [0.4, 0.5) is 10.1 Å². The molecule has 0 spiro atoms. The molecule has 120 valence electrons. The third kappa shape index (κ3) is 3.82. The van der Waals surface area contributed by atoms with Gasteiger partial charge in [0, 0.05) is 17.7 Å². The van der Waals surface area contributed by atoms with Gasteiger partial charge in [0.15, 0.2) is 11.6 Å². The van der Waals surface area contributed by atoms with Gasteiger partial charge in [0.05, 0.1) is 18.1 Å². The Morgan fingerprint density at radius 1 is 1.26 bits per heavy atom. The van der Waals surface area contributed by atoms with E-state index >= 15 is 0 Å². The summed E-state index contributed by atoms with van der Waals surface area (Å²) in [6.45, 7) is 1.71. The number of nitro groups is 1. The lowest BCUT2D eigenvalue weighted by Gasteiger charge is -2.15. The predicted molar refractivity (Wildman–Crippen MR) is 81.9 cm³/mol. The van der Waals surface area contributed by atoms with Crippen molar-refractivity contribution in [3.05, 3.63) is 69.5 Å². The van der Waals surface area contributed by atoms with Gasteiger partial charge < -0.3 is 10.1 Å². The number of ether oxygens (including phenoxy) is 1. The van der Waals surface area contributed by atoms with Gasteiger partial charge in [-0.2, -0.15) is 0 Å². The zero-order chi connectivity index (χ0) is 17.0. The molecule has 2 aromatic carbocycles. The summed E-state index contributed by atoms with van der Waals surface area (Å²) in [6, 6.07) is 9.25. The van der Waals surface area contributed by atoms with Crippen molar-refractivity contribution in [2.45, 2.75) is 13.0 Å². The molecule has 0 aromatic heterocycles. The lowest BCUT2D eigenvalue weighted by Crippen LogP contribution is -2.26. The first-order valence-corrected chi connectivity index (χ1v) is 6.81. The maximum atomic E-state index is 13.7. The van der Waals surface area contributed by atoms with E-state index in [4.69, 9.17) is 4.74 Å². The highest BCUT2D eigenvalue weighted by atomic mass is 19.1. The number of hydrogen-bond donors (Lipinski definition) is 1. The van der Waals surface area contributed by atoms with E-state index in [0.29, 0.717) is 5.56 Å². The van der Waals surface area contributed by atoms with Gasteiger partial charge in [-0.05, 0) is 36.8 Å². The number of nitrogens with zero attached hydrogens (tertiary/aromatic N) is 1. The minimum Gasteiger partial charge on any atom is -0.494 e. The first kappa shape index (κ1) is 16.4. The third-order valence-corrected chi connectivity index (χ3v) is 3.36. The fraction of sp³-hybridized carbons (Fsp3) is 0.188. The summed E-state index contributed by atoms with van der Waals surface area (Å²) < 4.78 is 18.5. The number of nitro benzene ring substituents is 1. The molecule has 0 radical (unpaired) electrons. The fourth-order valence-electron chi connectivity index (χ4n) is 2.05. The van der Waals surface area contributed by atoms with Crippen LogP contribution in [0, 0.1) is 15.9 Å². The average Bonchev–Trinajstić information content (AvgIpc) is 2.54. The molecule has 0 unspecified atom stereocenters. The average molecular weight is 318 g/mol. The quantitative estimate of drug-likeness (QED) is 0.678. The van der Waals surface area contributed by atoms with Gasteiger partial charge in [0.25, 0.3) is 11.6 Å². The molecule has 23 heavy (non-hydrogen) atoms. The van der Waals surface area contributed by atoms with E-state index in [9.17, 15) is 19.3 Å². The Bertz CT molecular complexity index is 731. The van der Waals surface area contributed by atoms with Crippen LogP contribution >= 0.6 is 0 Å². The van der Waals surface area contributed by atoms with Crippen molar-refractivity contribution in [3.8, 4) is 5.75 Å². The topological polar surface area (TPSA) is 81.5 Å². The number of carbonyl (C=O) groups excluding carboxylic acids is 1. The number of amides is 1. The molecular weight excluding hydrogens is 303 g/mol. The summed E-state index contributed by atoms with van der Waals surface area (Å²) in [6.07, 6.45) is 0. The maximum absolute atomic E-state index is 13.7. The number of non-ortho nitro benzene ring substituents is 1.